The molecule has 0 aliphatic rings. The van der Waals surface area contributed by atoms with Crippen molar-refractivity contribution >= 4 is 21.6 Å². The van der Waals surface area contributed by atoms with E-state index in [-0.39, 0.29) is 10.8 Å². The zero-order chi connectivity index (χ0) is 21.6. The van der Waals surface area contributed by atoms with Crippen LogP contribution in [0.25, 0.3) is 11.1 Å². The molecule has 0 atom stereocenters. The maximum atomic E-state index is 13.1. The first kappa shape index (κ1) is 21.8. The lowest BCUT2D eigenvalue weighted by molar-refractivity contribution is 0.0802. The van der Waals surface area contributed by atoms with Gasteiger partial charge in [-0.3, -0.25) is 0 Å². The summed E-state index contributed by atoms with van der Waals surface area (Å²) in [6.07, 6.45) is 0. The van der Waals surface area contributed by atoms with E-state index < -0.39 is 10.0 Å². The van der Waals surface area contributed by atoms with Crippen LogP contribution in [0.4, 0.5) is 11.6 Å². The highest BCUT2D eigenvalue weighted by Crippen LogP contribution is 2.31. The summed E-state index contributed by atoms with van der Waals surface area (Å²) in [4.78, 5) is 0.145. The fourth-order valence-electron chi connectivity index (χ4n) is 2.77. The predicted octanol–water partition coefficient (Wildman–Crippen LogP) is 3.79. The highest BCUT2D eigenvalue weighted by molar-refractivity contribution is 7.92. The Morgan fingerprint density at radius 1 is 1.07 bits per heavy atom. The summed E-state index contributed by atoms with van der Waals surface area (Å²) in [6.45, 7) is 4.82. The molecule has 160 valence electrons. The third-order valence-electron chi connectivity index (χ3n) is 4.54. The Morgan fingerprint density at radius 3 is 2.60 bits per heavy atom. The molecule has 3 rings (SSSR count). The molecule has 0 saturated carbocycles. The molecule has 0 unspecified atom stereocenters. The topological polar surface area (TPSA) is 103 Å². The lowest BCUT2D eigenvalue weighted by Gasteiger charge is -2.13. The molecule has 0 saturated heterocycles. The molecule has 1 heterocycles. The van der Waals surface area contributed by atoms with Crippen LogP contribution in [-0.4, -0.2) is 40.6 Å². The largest absolute Gasteiger partial charge is 0.382 e. The van der Waals surface area contributed by atoms with Crippen LogP contribution >= 0.6 is 0 Å². The smallest absolute Gasteiger partial charge is 0.264 e. The normalized spacial score (nSPS) is 11.4. The summed E-state index contributed by atoms with van der Waals surface area (Å²) < 4.78 is 44.1. The number of nitrogens with one attached hydrogen (secondary N) is 2. The van der Waals surface area contributed by atoms with Crippen molar-refractivity contribution in [2.45, 2.75) is 18.7 Å². The van der Waals surface area contributed by atoms with Gasteiger partial charge >= 0.3 is 0 Å². The minimum absolute atomic E-state index is 0.117. The van der Waals surface area contributed by atoms with Crippen molar-refractivity contribution < 1.29 is 22.4 Å². The number of aromatic nitrogens is 1. The molecule has 9 heteroatoms. The van der Waals surface area contributed by atoms with E-state index in [1.54, 1.807) is 45.2 Å². The Morgan fingerprint density at radius 2 is 1.87 bits per heavy atom. The summed E-state index contributed by atoms with van der Waals surface area (Å²) in [5.41, 5.74) is 3.42. The molecule has 0 amide bonds. The van der Waals surface area contributed by atoms with Crippen LogP contribution in [0.2, 0.25) is 0 Å². The van der Waals surface area contributed by atoms with Crippen molar-refractivity contribution in [2.75, 3.05) is 37.1 Å². The number of nitrogens with zero attached hydrogens (tertiary/aromatic N) is 1. The molecule has 30 heavy (non-hydrogen) atoms. The van der Waals surface area contributed by atoms with Gasteiger partial charge in [-0.1, -0.05) is 35.5 Å². The number of anilines is 2. The molecule has 1 aromatic heterocycles. The second kappa shape index (κ2) is 9.75. The van der Waals surface area contributed by atoms with Crippen molar-refractivity contribution in [3.63, 3.8) is 0 Å². The minimum atomic E-state index is -3.88. The van der Waals surface area contributed by atoms with E-state index in [0.29, 0.717) is 36.8 Å². The van der Waals surface area contributed by atoms with Crippen LogP contribution in [0.15, 0.2) is 57.9 Å². The fraction of sp³-hybridized carbons (Fsp3) is 0.286. The lowest BCUT2D eigenvalue weighted by Crippen LogP contribution is -2.14. The zero-order valence-corrected chi connectivity index (χ0v) is 18.0. The Hall–Kier alpha value is -2.88. The summed E-state index contributed by atoms with van der Waals surface area (Å²) >= 11 is 0. The molecule has 0 aliphatic heterocycles. The molecular formula is C21H25N3O5S. The van der Waals surface area contributed by atoms with Crippen LogP contribution < -0.4 is 10.0 Å². The van der Waals surface area contributed by atoms with E-state index in [0.717, 1.165) is 11.3 Å². The SMILES string of the molecule is COCCOCNc1cccc(-c2ccccc2S(=O)(=O)Nc2onc(C)c2C)c1. The quantitative estimate of drug-likeness (QED) is 0.372. The van der Waals surface area contributed by atoms with Gasteiger partial charge in [0.25, 0.3) is 10.0 Å². The highest BCUT2D eigenvalue weighted by atomic mass is 32.2. The fourth-order valence-corrected chi connectivity index (χ4v) is 4.05. The number of rotatable bonds is 10. The summed E-state index contributed by atoms with van der Waals surface area (Å²) in [5, 5.41) is 6.96. The molecule has 0 radical (unpaired) electrons. The summed E-state index contributed by atoms with van der Waals surface area (Å²) in [5.74, 6) is 0.117. The van der Waals surface area contributed by atoms with Crippen LogP contribution in [0.5, 0.6) is 0 Å². The van der Waals surface area contributed by atoms with Crippen molar-refractivity contribution in [1.82, 2.24) is 5.16 Å². The van der Waals surface area contributed by atoms with E-state index in [9.17, 15) is 8.42 Å². The molecule has 0 fully saturated rings. The van der Waals surface area contributed by atoms with Crippen LogP contribution in [0.1, 0.15) is 11.3 Å². The molecule has 0 spiro atoms. The second-order valence-electron chi connectivity index (χ2n) is 6.63. The standard InChI is InChI=1S/C21H25N3O5S/c1-15-16(2)23-29-21(15)24-30(25,26)20-10-5-4-9-19(20)17-7-6-8-18(13-17)22-14-28-12-11-27-3/h4-10,13,22,24H,11-12,14H2,1-3H3. The van der Waals surface area contributed by atoms with Gasteiger partial charge in [0.05, 0.1) is 23.8 Å². The van der Waals surface area contributed by atoms with Gasteiger partial charge in [-0.25, -0.2) is 13.1 Å². The lowest BCUT2D eigenvalue weighted by atomic mass is 10.1. The van der Waals surface area contributed by atoms with Crippen LogP contribution in [0, 0.1) is 13.8 Å². The first-order chi connectivity index (χ1) is 14.4. The molecule has 2 N–H and O–H groups in total. The van der Waals surface area contributed by atoms with Gasteiger partial charge in [0.2, 0.25) is 5.88 Å². The van der Waals surface area contributed by atoms with Crippen LogP contribution in [-0.2, 0) is 19.5 Å². The molecule has 0 aliphatic carbocycles. The van der Waals surface area contributed by atoms with E-state index in [1.807, 2.05) is 24.3 Å². The number of methoxy groups -OCH3 is 1. The van der Waals surface area contributed by atoms with Gasteiger partial charge in [-0.05, 0) is 37.6 Å². The van der Waals surface area contributed by atoms with Gasteiger partial charge < -0.3 is 19.3 Å². The van der Waals surface area contributed by atoms with Gasteiger partial charge in [-0.15, -0.1) is 0 Å². The van der Waals surface area contributed by atoms with Crippen molar-refractivity contribution in [3.8, 4) is 11.1 Å². The van der Waals surface area contributed by atoms with E-state index in [1.165, 1.54) is 0 Å². The Bertz CT molecular complexity index is 1100. The van der Waals surface area contributed by atoms with Crippen molar-refractivity contribution in [3.05, 3.63) is 59.8 Å². The first-order valence-corrected chi connectivity index (χ1v) is 10.9. The number of aryl methyl sites for hydroxylation is 1. The maximum Gasteiger partial charge on any atom is 0.264 e. The van der Waals surface area contributed by atoms with Crippen molar-refractivity contribution in [1.29, 1.82) is 0 Å². The molecular weight excluding hydrogens is 406 g/mol. The predicted molar refractivity (Wildman–Crippen MR) is 115 cm³/mol. The average molecular weight is 432 g/mol. The third kappa shape index (κ3) is 5.18. The average Bonchev–Trinajstić information content (AvgIpc) is 3.05. The number of ether oxygens (including phenoxy) is 2. The first-order valence-electron chi connectivity index (χ1n) is 9.38. The maximum absolute atomic E-state index is 13.1. The Kier molecular flexibility index (Phi) is 7.09. The van der Waals surface area contributed by atoms with E-state index in [2.05, 4.69) is 15.2 Å². The van der Waals surface area contributed by atoms with Crippen LogP contribution in [0.3, 0.4) is 0 Å². The van der Waals surface area contributed by atoms with Gasteiger partial charge in [0, 0.05) is 23.9 Å². The second-order valence-corrected chi connectivity index (χ2v) is 8.28. The van der Waals surface area contributed by atoms with Crippen molar-refractivity contribution in [2.24, 2.45) is 0 Å². The monoisotopic (exact) mass is 431 g/mol. The number of benzene rings is 2. The summed E-state index contributed by atoms with van der Waals surface area (Å²) in [6, 6.07) is 14.3. The molecule has 3 aromatic rings. The summed E-state index contributed by atoms with van der Waals surface area (Å²) in [7, 11) is -2.27. The van der Waals surface area contributed by atoms with E-state index >= 15 is 0 Å². The zero-order valence-electron chi connectivity index (χ0n) is 17.1. The van der Waals surface area contributed by atoms with Gasteiger partial charge in [-0.2, -0.15) is 0 Å². The Balaban J connectivity index is 1.84. The molecule has 0 bridgehead atoms. The minimum Gasteiger partial charge on any atom is -0.382 e. The van der Waals surface area contributed by atoms with Gasteiger partial charge in [0.1, 0.15) is 6.73 Å². The third-order valence-corrected chi connectivity index (χ3v) is 5.93. The molecule has 8 nitrogen and oxygen atoms in total. The number of hydrogen-bond acceptors (Lipinski definition) is 7. The van der Waals surface area contributed by atoms with Gasteiger partial charge in [0.15, 0.2) is 0 Å². The molecule has 2 aromatic carbocycles. The Labute approximate surface area is 176 Å². The highest BCUT2D eigenvalue weighted by Gasteiger charge is 2.22. The number of hydrogen-bond donors (Lipinski definition) is 2. The van der Waals surface area contributed by atoms with E-state index in [4.69, 9.17) is 14.0 Å². The number of sulfonamides is 1.